The van der Waals surface area contributed by atoms with Gasteiger partial charge >= 0.3 is 0 Å². The van der Waals surface area contributed by atoms with Crippen molar-refractivity contribution < 1.29 is 18.1 Å². The zero-order valence-electron chi connectivity index (χ0n) is 11.9. The van der Waals surface area contributed by atoms with Crippen LogP contribution in [0.4, 0.5) is 5.69 Å². The highest BCUT2D eigenvalue weighted by Gasteiger charge is 2.35. The maximum absolute atomic E-state index is 12.2. The summed E-state index contributed by atoms with van der Waals surface area (Å²) in [6, 6.07) is 3.60. The summed E-state index contributed by atoms with van der Waals surface area (Å²) in [5.41, 5.74) is 4.88. The monoisotopic (exact) mass is 351 g/mol. The second-order valence-corrected chi connectivity index (χ2v) is 6.87. The molecule has 0 atom stereocenters. The Labute approximate surface area is 134 Å². The molecule has 1 aromatic carbocycles. The molecule has 0 saturated heterocycles. The molecule has 22 heavy (non-hydrogen) atoms. The number of nitrogens with one attached hydrogen (secondary N) is 1. The first-order valence-corrected chi connectivity index (χ1v) is 7.87. The predicted octanol–water partition coefficient (Wildman–Crippen LogP) is 1.18. The van der Waals surface area contributed by atoms with Crippen LogP contribution in [0.1, 0.15) is 19.3 Å². The van der Waals surface area contributed by atoms with Gasteiger partial charge in [0, 0.05) is 12.1 Å². The predicted molar refractivity (Wildman–Crippen MR) is 82.9 cm³/mol. The lowest BCUT2D eigenvalue weighted by Gasteiger charge is -2.37. The van der Waals surface area contributed by atoms with E-state index < -0.39 is 31.1 Å². The summed E-state index contributed by atoms with van der Waals surface area (Å²) in [4.78, 5) is 9.89. The van der Waals surface area contributed by atoms with Crippen LogP contribution in [-0.2, 0) is 10.0 Å². The van der Waals surface area contributed by atoms with E-state index in [4.69, 9.17) is 10.5 Å². The van der Waals surface area contributed by atoms with Crippen LogP contribution in [0.5, 0.6) is 5.75 Å². The van der Waals surface area contributed by atoms with Crippen molar-refractivity contribution in [3.63, 3.8) is 0 Å². The molecule has 0 aliphatic heterocycles. The Hall–Kier alpha value is -1.42. The number of hydrogen-bond donors (Lipinski definition) is 2. The fourth-order valence-corrected chi connectivity index (χ4v) is 3.41. The number of nitro benzene ring substituents is 1. The topological polar surface area (TPSA) is 125 Å². The Balaban J connectivity index is 0.00000242. The van der Waals surface area contributed by atoms with Gasteiger partial charge < -0.3 is 10.5 Å². The molecule has 0 radical (unpaired) electrons. The maximum Gasteiger partial charge on any atom is 0.293 e. The van der Waals surface area contributed by atoms with Crippen molar-refractivity contribution in [2.75, 3.05) is 13.7 Å². The molecule has 0 amide bonds. The number of halogens is 1. The average Bonchev–Trinajstić information content (AvgIpc) is 2.42. The van der Waals surface area contributed by atoms with Gasteiger partial charge in [0.15, 0.2) is 4.90 Å². The first-order valence-electron chi connectivity index (χ1n) is 6.38. The van der Waals surface area contributed by atoms with Crippen LogP contribution in [-0.4, -0.2) is 32.5 Å². The van der Waals surface area contributed by atoms with E-state index in [1.54, 1.807) is 0 Å². The molecule has 2 rings (SSSR count). The fraction of sp³-hybridized carbons (Fsp3) is 0.500. The van der Waals surface area contributed by atoms with Gasteiger partial charge in [0.1, 0.15) is 5.75 Å². The van der Waals surface area contributed by atoms with Gasteiger partial charge in [-0.15, -0.1) is 12.4 Å². The number of rotatable bonds is 6. The van der Waals surface area contributed by atoms with Gasteiger partial charge in [-0.05, 0) is 31.4 Å². The molecule has 1 aliphatic rings. The Bertz CT molecular complexity index is 661. The number of benzene rings is 1. The van der Waals surface area contributed by atoms with Gasteiger partial charge in [0.05, 0.1) is 18.1 Å². The Morgan fingerprint density at radius 2 is 2.09 bits per heavy atom. The standard InChI is InChI=1S/C12H17N3O5S.ClH/c1-20-9-3-4-11(10(7-9)15(16)17)21(18,19)14-8-12(13)5-2-6-12;/h3-4,7,14H,2,5-6,8,13H2,1H3;1H. The third-order valence-electron chi connectivity index (χ3n) is 3.62. The molecule has 8 nitrogen and oxygen atoms in total. The summed E-state index contributed by atoms with van der Waals surface area (Å²) in [5.74, 6) is 0.218. The van der Waals surface area contributed by atoms with E-state index in [0.717, 1.165) is 31.4 Å². The molecule has 0 heterocycles. The maximum atomic E-state index is 12.2. The number of sulfonamides is 1. The number of nitrogens with zero attached hydrogens (tertiary/aromatic N) is 1. The zero-order chi connectivity index (χ0) is 15.7. The quantitative estimate of drug-likeness (QED) is 0.585. The minimum atomic E-state index is -4.00. The molecule has 3 N–H and O–H groups in total. The van der Waals surface area contributed by atoms with Crippen LogP contribution in [0.3, 0.4) is 0 Å². The van der Waals surface area contributed by atoms with Crippen molar-refractivity contribution in [3.8, 4) is 5.75 Å². The van der Waals surface area contributed by atoms with Crippen LogP contribution in [0.2, 0.25) is 0 Å². The van der Waals surface area contributed by atoms with Gasteiger partial charge in [-0.3, -0.25) is 10.1 Å². The van der Waals surface area contributed by atoms with Gasteiger partial charge in [0.25, 0.3) is 5.69 Å². The van der Waals surface area contributed by atoms with E-state index in [-0.39, 0.29) is 24.7 Å². The molecule has 1 aliphatic carbocycles. The average molecular weight is 352 g/mol. The van der Waals surface area contributed by atoms with E-state index in [9.17, 15) is 18.5 Å². The van der Waals surface area contributed by atoms with E-state index >= 15 is 0 Å². The van der Waals surface area contributed by atoms with Crippen molar-refractivity contribution in [1.82, 2.24) is 4.72 Å². The van der Waals surface area contributed by atoms with E-state index in [0.29, 0.717) is 0 Å². The second-order valence-electron chi connectivity index (χ2n) is 5.13. The Morgan fingerprint density at radius 1 is 1.45 bits per heavy atom. The molecule has 1 saturated carbocycles. The number of nitrogens with two attached hydrogens (primary N) is 1. The third kappa shape index (κ3) is 3.86. The lowest BCUT2D eigenvalue weighted by molar-refractivity contribution is -0.387. The highest BCUT2D eigenvalue weighted by atomic mass is 35.5. The number of nitro groups is 1. The number of hydrogen-bond acceptors (Lipinski definition) is 6. The summed E-state index contributed by atoms with van der Waals surface area (Å²) < 4.78 is 31.7. The van der Waals surface area contributed by atoms with Gasteiger partial charge in [0.2, 0.25) is 10.0 Å². The van der Waals surface area contributed by atoms with Gasteiger partial charge in [-0.2, -0.15) is 0 Å². The van der Waals surface area contributed by atoms with Gasteiger partial charge in [-0.1, -0.05) is 0 Å². The van der Waals surface area contributed by atoms with Crippen LogP contribution in [0.15, 0.2) is 23.1 Å². The lowest BCUT2D eigenvalue weighted by Crippen LogP contribution is -2.54. The van der Waals surface area contributed by atoms with Crippen molar-refractivity contribution in [1.29, 1.82) is 0 Å². The summed E-state index contributed by atoms with van der Waals surface area (Å²) in [6.07, 6.45) is 2.43. The zero-order valence-corrected chi connectivity index (χ0v) is 13.6. The van der Waals surface area contributed by atoms with E-state index in [1.807, 2.05) is 0 Å². The largest absolute Gasteiger partial charge is 0.497 e. The molecule has 124 valence electrons. The van der Waals surface area contributed by atoms with Crippen molar-refractivity contribution in [2.24, 2.45) is 5.73 Å². The van der Waals surface area contributed by atoms with Crippen LogP contribution in [0.25, 0.3) is 0 Å². The number of methoxy groups -OCH3 is 1. The summed E-state index contributed by atoms with van der Waals surface area (Å²) >= 11 is 0. The Kier molecular flexibility index (Phi) is 5.74. The SMILES string of the molecule is COc1ccc(S(=O)(=O)NCC2(N)CCC2)c([N+](=O)[O-])c1.Cl. The normalized spacial score (nSPS) is 16.3. The van der Waals surface area contributed by atoms with Crippen LogP contribution < -0.4 is 15.2 Å². The number of ether oxygens (including phenoxy) is 1. The second kappa shape index (κ2) is 6.78. The van der Waals surface area contributed by atoms with Crippen molar-refractivity contribution in [3.05, 3.63) is 28.3 Å². The summed E-state index contributed by atoms with van der Waals surface area (Å²) in [6.45, 7) is 0.0680. The molecule has 10 heteroatoms. The van der Waals surface area contributed by atoms with E-state index in [1.165, 1.54) is 13.2 Å². The molecular weight excluding hydrogens is 334 g/mol. The summed E-state index contributed by atoms with van der Waals surface area (Å²) in [5, 5.41) is 11.0. The summed E-state index contributed by atoms with van der Waals surface area (Å²) in [7, 11) is -2.65. The molecule has 0 bridgehead atoms. The first-order chi connectivity index (χ1) is 9.77. The minimum Gasteiger partial charge on any atom is -0.497 e. The molecule has 1 aromatic rings. The third-order valence-corrected chi connectivity index (χ3v) is 5.06. The molecular formula is C12H18ClN3O5S. The minimum absolute atomic E-state index is 0. The highest BCUT2D eigenvalue weighted by Crippen LogP contribution is 2.30. The van der Waals surface area contributed by atoms with Gasteiger partial charge in [-0.25, -0.2) is 13.1 Å². The van der Waals surface area contributed by atoms with Crippen LogP contribution in [0, 0.1) is 10.1 Å². The van der Waals surface area contributed by atoms with E-state index in [2.05, 4.69) is 4.72 Å². The fourth-order valence-electron chi connectivity index (χ4n) is 2.12. The van der Waals surface area contributed by atoms with Crippen LogP contribution >= 0.6 is 12.4 Å². The lowest BCUT2D eigenvalue weighted by atomic mass is 9.78. The molecule has 1 fully saturated rings. The Morgan fingerprint density at radius 3 is 2.55 bits per heavy atom. The molecule has 0 aromatic heterocycles. The van der Waals surface area contributed by atoms with Crippen molar-refractivity contribution in [2.45, 2.75) is 29.7 Å². The molecule has 0 unspecified atom stereocenters. The first kappa shape index (κ1) is 18.6. The highest BCUT2D eigenvalue weighted by molar-refractivity contribution is 7.89. The van der Waals surface area contributed by atoms with Crippen molar-refractivity contribution >= 4 is 28.1 Å². The molecule has 0 spiro atoms. The smallest absolute Gasteiger partial charge is 0.293 e.